The molecule has 0 atom stereocenters. The molecule has 0 aliphatic heterocycles. The molecule has 17 heavy (non-hydrogen) atoms. The van der Waals surface area contributed by atoms with Crippen LogP contribution in [-0.4, -0.2) is 10.9 Å². The number of amides is 1. The first-order valence-electron chi connectivity index (χ1n) is 4.89. The second kappa shape index (κ2) is 4.92. The molecule has 0 aliphatic rings. The summed E-state index contributed by atoms with van der Waals surface area (Å²) in [4.78, 5) is 15.8. The maximum Gasteiger partial charge on any atom is 0.263 e. The van der Waals surface area contributed by atoms with E-state index in [4.69, 9.17) is 5.73 Å². The number of nitrogens with two attached hydrogens (primary N) is 1. The fraction of sp³-hybridized carbons (Fsp3) is 0.0909. The highest BCUT2D eigenvalue weighted by Gasteiger charge is 2.09. The lowest BCUT2D eigenvalue weighted by molar-refractivity contribution is 0.0954. The predicted octanol–water partition coefficient (Wildman–Crippen LogP) is 1.79. The Labute approximate surface area is 101 Å². The van der Waals surface area contributed by atoms with Gasteiger partial charge in [0.15, 0.2) is 5.13 Å². The molecule has 1 amide bonds. The van der Waals surface area contributed by atoms with Crippen LogP contribution in [-0.2, 0) is 6.54 Å². The molecular formula is C11H10FN3OS. The number of nitrogen functional groups attached to an aromatic ring is 1. The number of anilines is 1. The summed E-state index contributed by atoms with van der Waals surface area (Å²) in [6, 6.07) is 6.29. The normalized spacial score (nSPS) is 10.2. The molecule has 0 spiro atoms. The summed E-state index contributed by atoms with van der Waals surface area (Å²) >= 11 is 1.10. The first-order valence-corrected chi connectivity index (χ1v) is 5.71. The second-order valence-electron chi connectivity index (χ2n) is 3.34. The van der Waals surface area contributed by atoms with Gasteiger partial charge in [0.05, 0.1) is 6.20 Å². The van der Waals surface area contributed by atoms with Crippen molar-refractivity contribution in [3.63, 3.8) is 0 Å². The van der Waals surface area contributed by atoms with Crippen molar-refractivity contribution in [1.82, 2.24) is 10.3 Å². The molecule has 0 unspecified atom stereocenters. The van der Waals surface area contributed by atoms with Gasteiger partial charge < -0.3 is 11.1 Å². The standard InChI is InChI=1S/C11H10FN3OS/c12-8-4-2-1-3-7(8)5-14-10(16)9-6-15-11(13)17-9/h1-4,6H,5H2,(H2,13,15)(H,14,16). The van der Waals surface area contributed by atoms with Gasteiger partial charge in [-0.25, -0.2) is 9.37 Å². The smallest absolute Gasteiger partial charge is 0.263 e. The molecule has 0 saturated heterocycles. The lowest BCUT2D eigenvalue weighted by Gasteiger charge is -2.04. The van der Waals surface area contributed by atoms with Crippen LogP contribution in [0.15, 0.2) is 30.5 Å². The van der Waals surface area contributed by atoms with Gasteiger partial charge in [-0.2, -0.15) is 0 Å². The van der Waals surface area contributed by atoms with E-state index in [0.717, 1.165) is 11.3 Å². The van der Waals surface area contributed by atoms with E-state index in [0.29, 0.717) is 15.6 Å². The van der Waals surface area contributed by atoms with Crippen LogP contribution in [0.25, 0.3) is 0 Å². The first kappa shape index (κ1) is 11.5. The Morgan fingerprint density at radius 1 is 1.47 bits per heavy atom. The van der Waals surface area contributed by atoms with Gasteiger partial charge in [-0.05, 0) is 6.07 Å². The Kier molecular flexibility index (Phi) is 3.34. The highest BCUT2D eigenvalue weighted by molar-refractivity contribution is 7.17. The van der Waals surface area contributed by atoms with Gasteiger partial charge >= 0.3 is 0 Å². The van der Waals surface area contributed by atoms with Gasteiger partial charge in [0.2, 0.25) is 0 Å². The van der Waals surface area contributed by atoms with Gasteiger partial charge in [0.25, 0.3) is 5.91 Å². The van der Waals surface area contributed by atoms with Gasteiger partial charge in [0, 0.05) is 12.1 Å². The van der Waals surface area contributed by atoms with Crippen molar-refractivity contribution >= 4 is 22.4 Å². The molecule has 4 nitrogen and oxygen atoms in total. The molecule has 3 N–H and O–H groups in total. The lowest BCUT2D eigenvalue weighted by Crippen LogP contribution is -2.22. The van der Waals surface area contributed by atoms with Crippen molar-refractivity contribution in [1.29, 1.82) is 0 Å². The zero-order valence-electron chi connectivity index (χ0n) is 8.81. The molecule has 1 aromatic heterocycles. The van der Waals surface area contributed by atoms with Crippen molar-refractivity contribution < 1.29 is 9.18 Å². The Morgan fingerprint density at radius 3 is 2.88 bits per heavy atom. The van der Waals surface area contributed by atoms with Crippen molar-refractivity contribution in [2.75, 3.05) is 5.73 Å². The maximum atomic E-state index is 13.3. The van der Waals surface area contributed by atoms with Crippen molar-refractivity contribution in [3.05, 3.63) is 46.7 Å². The van der Waals surface area contributed by atoms with Crippen LogP contribution >= 0.6 is 11.3 Å². The number of nitrogens with one attached hydrogen (secondary N) is 1. The monoisotopic (exact) mass is 251 g/mol. The number of carbonyl (C=O) groups is 1. The van der Waals surface area contributed by atoms with Crippen LogP contribution in [0, 0.1) is 5.82 Å². The molecule has 0 aliphatic carbocycles. The van der Waals surface area contributed by atoms with Crippen LogP contribution in [0.1, 0.15) is 15.2 Å². The number of nitrogens with zero attached hydrogens (tertiary/aromatic N) is 1. The number of aromatic nitrogens is 1. The van der Waals surface area contributed by atoms with Crippen LogP contribution in [0.2, 0.25) is 0 Å². The van der Waals surface area contributed by atoms with E-state index in [2.05, 4.69) is 10.3 Å². The number of carbonyl (C=O) groups excluding carboxylic acids is 1. The number of halogens is 1. The molecular weight excluding hydrogens is 241 g/mol. The second-order valence-corrected chi connectivity index (χ2v) is 4.40. The van der Waals surface area contributed by atoms with E-state index in [9.17, 15) is 9.18 Å². The molecule has 88 valence electrons. The summed E-state index contributed by atoms with van der Waals surface area (Å²) in [5.74, 6) is -0.640. The lowest BCUT2D eigenvalue weighted by atomic mass is 10.2. The van der Waals surface area contributed by atoms with Gasteiger partial charge in [-0.3, -0.25) is 4.79 Å². The fourth-order valence-corrected chi connectivity index (χ4v) is 1.90. The average Bonchev–Trinajstić information content (AvgIpc) is 2.74. The summed E-state index contributed by atoms with van der Waals surface area (Å²) in [6.45, 7) is 0.142. The molecule has 1 heterocycles. The zero-order valence-corrected chi connectivity index (χ0v) is 9.63. The minimum absolute atomic E-state index is 0.142. The molecule has 0 saturated carbocycles. The molecule has 6 heteroatoms. The number of benzene rings is 1. The summed E-state index contributed by atoms with van der Waals surface area (Å²) in [6.07, 6.45) is 1.40. The summed E-state index contributed by atoms with van der Waals surface area (Å²) in [5, 5.41) is 2.94. The van der Waals surface area contributed by atoms with E-state index in [-0.39, 0.29) is 18.3 Å². The van der Waals surface area contributed by atoms with E-state index >= 15 is 0 Å². The van der Waals surface area contributed by atoms with Crippen molar-refractivity contribution in [2.45, 2.75) is 6.54 Å². The number of hydrogen-bond donors (Lipinski definition) is 2. The molecule has 2 rings (SSSR count). The van der Waals surface area contributed by atoms with Gasteiger partial charge in [-0.1, -0.05) is 29.5 Å². The third-order valence-corrected chi connectivity index (χ3v) is 2.97. The maximum absolute atomic E-state index is 13.3. The van der Waals surface area contributed by atoms with E-state index in [1.54, 1.807) is 18.2 Å². The third-order valence-electron chi connectivity index (χ3n) is 2.14. The topological polar surface area (TPSA) is 68.0 Å². The number of rotatable bonds is 3. The van der Waals surface area contributed by atoms with Crippen molar-refractivity contribution in [3.8, 4) is 0 Å². The fourth-order valence-electron chi connectivity index (χ4n) is 1.30. The zero-order chi connectivity index (χ0) is 12.3. The van der Waals surface area contributed by atoms with E-state index in [1.807, 2.05) is 0 Å². The molecule has 1 aromatic carbocycles. The highest BCUT2D eigenvalue weighted by atomic mass is 32.1. The molecule has 0 radical (unpaired) electrons. The van der Waals surface area contributed by atoms with Crippen molar-refractivity contribution in [2.24, 2.45) is 0 Å². The van der Waals surface area contributed by atoms with Crippen LogP contribution < -0.4 is 11.1 Å². The Balaban J connectivity index is 1.99. The molecule has 0 fully saturated rings. The minimum Gasteiger partial charge on any atom is -0.375 e. The van der Waals surface area contributed by atoms with E-state index < -0.39 is 0 Å². The van der Waals surface area contributed by atoms with E-state index in [1.165, 1.54) is 12.3 Å². The van der Waals surface area contributed by atoms with Gasteiger partial charge in [0.1, 0.15) is 10.7 Å². The van der Waals surface area contributed by atoms with Crippen LogP contribution in [0.4, 0.5) is 9.52 Å². The SMILES string of the molecule is Nc1ncc(C(=O)NCc2ccccc2F)s1. The van der Waals surface area contributed by atoms with Gasteiger partial charge in [-0.15, -0.1) is 0 Å². The Bertz CT molecular complexity index is 541. The highest BCUT2D eigenvalue weighted by Crippen LogP contribution is 2.14. The predicted molar refractivity (Wildman–Crippen MR) is 64.1 cm³/mol. The number of hydrogen-bond acceptors (Lipinski definition) is 4. The minimum atomic E-state index is -0.336. The quantitative estimate of drug-likeness (QED) is 0.874. The molecule has 2 aromatic rings. The Morgan fingerprint density at radius 2 is 2.24 bits per heavy atom. The summed E-state index contributed by atoms with van der Waals surface area (Å²) < 4.78 is 13.3. The third kappa shape index (κ3) is 2.79. The average molecular weight is 251 g/mol. The van der Waals surface area contributed by atoms with Crippen LogP contribution in [0.5, 0.6) is 0 Å². The summed E-state index contributed by atoms with van der Waals surface area (Å²) in [7, 11) is 0. The summed E-state index contributed by atoms with van der Waals surface area (Å²) in [5.41, 5.74) is 5.86. The number of thiazole rings is 1. The largest absolute Gasteiger partial charge is 0.375 e. The molecule has 0 bridgehead atoms. The Hall–Kier alpha value is -1.95. The van der Waals surface area contributed by atoms with Crippen LogP contribution in [0.3, 0.4) is 0 Å². The first-order chi connectivity index (χ1) is 8.16.